The highest BCUT2D eigenvalue weighted by molar-refractivity contribution is 7.99. The summed E-state index contributed by atoms with van der Waals surface area (Å²) in [4.78, 5) is 11.3. The molecule has 60 valence electrons. The Labute approximate surface area is 70.6 Å². The van der Waals surface area contributed by atoms with Gasteiger partial charge in [0, 0.05) is 13.2 Å². The third kappa shape index (κ3) is 1.87. The minimum Gasteiger partial charge on any atom is -0.348 e. The van der Waals surface area contributed by atoms with Crippen molar-refractivity contribution in [3.63, 3.8) is 0 Å². The van der Waals surface area contributed by atoms with Crippen LogP contribution in [0.15, 0.2) is 18.3 Å². The summed E-state index contributed by atoms with van der Waals surface area (Å²) in [5.74, 6) is 0.766. The van der Waals surface area contributed by atoms with Gasteiger partial charge in [0.15, 0.2) is 5.78 Å². The molecular weight excluding hydrogens is 158 g/mol. The van der Waals surface area contributed by atoms with Crippen LogP contribution in [-0.2, 0) is 7.05 Å². The van der Waals surface area contributed by atoms with Gasteiger partial charge >= 0.3 is 0 Å². The Hall–Kier alpha value is -0.700. The maximum absolute atomic E-state index is 11.3. The second-order valence-electron chi connectivity index (χ2n) is 2.36. The molecule has 0 aliphatic rings. The molecule has 0 spiro atoms. The Bertz CT molecular complexity index is 254. The lowest BCUT2D eigenvalue weighted by Crippen LogP contribution is -2.07. The molecule has 11 heavy (non-hydrogen) atoms. The van der Waals surface area contributed by atoms with E-state index in [1.807, 2.05) is 36.2 Å². The van der Waals surface area contributed by atoms with Crippen LogP contribution in [0.25, 0.3) is 0 Å². The summed E-state index contributed by atoms with van der Waals surface area (Å²) in [7, 11) is 1.88. The summed E-state index contributed by atoms with van der Waals surface area (Å²) >= 11 is 1.55. The lowest BCUT2D eigenvalue weighted by Gasteiger charge is -1.99. The van der Waals surface area contributed by atoms with Crippen molar-refractivity contribution in [2.24, 2.45) is 7.05 Å². The van der Waals surface area contributed by atoms with Gasteiger partial charge in [0.25, 0.3) is 0 Å². The highest BCUT2D eigenvalue weighted by atomic mass is 32.2. The van der Waals surface area contributed by atoms with E-state index < -0.39 is 0 Å². The van der Waals surface area contributed by atoms with Gasteiger partial charge in [0.2, 0.25) is 0 Å². The largest absolute Gasteiger partial charge is 0.348 e. The molecule has 0 amide bonds. The first kappa shape index (κ1) is 8.40. The molecule has 0 N–H and O–H groups in total. The van der Waals surface area contributed by atoms with Crippen molar-refractivity contribution in [1.29, 1.82) is 0 Å². The average Bonchev–Trinajstić information content (AvgIpc) is 2.36. The van der Waals surface area contributed by atoms with Crippen LogP contribution in [0.4, 0.5) is 0 Å². The Kier molecular flexibility index (Phi) is 2.76. The lowest BCUT2D eigenvalue weighted by molar-refractivity contribution is 0.101. The summed E-state index contributed by atoms with van der Waals surface area (Å²) < 4.78 is 1.85. The fraction of sp³-hybridized carbons (Fsp3) is 0.375. The standard InChI is InChI=1S/C8H11NOS/c1-9-5-3-4-7(9)8(10)6-11-2/h3-5H,6H2,1-2H3. The van der Waals surface area contributed by atoms with Crippen LogP contribution in [-0.4, -0.2) is 22.4 Å². The molecule has 0 saturated heterocycles. The molecule has 0 aromatic carbocycles. The number of Topliss-reactive ketones (excluding diaryl/α,β-unsaturated/α-hetero) is 1. The summed E-state index contributed by atoms with van der Waals surface area (Å²) in [6.45, 7) is 0. The highest BCUT2D eigenvalue weighted by Gasteiger charge is 2.06. The number of ketones is 1. The van der Waals surface area contributed by atoms with E-state index in [4.69, 9.17) is 0 Å². The number of hydrogen-bond acceptors (Lipinski definition) is 2. The van der Waals surface area contributed by atoms with Crippen LogP contribution >= 0.6 is 11.8 Å². The van der Waals surface area contributed by atoms with Gasteiger partial charge in [-0.05, 0) is 18.4 Å². The number of aryl methyl sites for hydroxylation is 1. The molecule has 1 heterocycles. The van der Waals surface area contributed by atoms with Crippen molar-refractivity contribution in [3.8, 4) is 0 Å². The van der Waals surface area contributed by atoms with Gasteiger partial charge in [0.05, 0.1) is 11.4 Å². The number of carbonyl (C=O) groups excluding carboxylic acids is 1. The number of hydrogen-bond donors (Lipinski definition) is 0. The molecule has 0 bridgehead atoms. The fourth-order valence-corrected chi connectivity index (χ4v) is 1.37. The first-order valence-corrected chi connectivity index (χ1v) is 4.78. The molecule has 1 aromatic heterocycles. The minimum atomic E-state index is 0.199. The summed E-state index contributed by atoms with van der Waals surface area (Å²) in [5, 5.41) is 0. The predicted octanol–water partition coefficient (Wildman–Crippen LogP) is 1.57. The molecule has 2 nitrogen and oxygen atoms in total. The van der Waals surface area contributed by atoms with Gasteiger partial charge in [-0.1, -0.05) is 0 Å². The predicted molar refractivity (Wildman–Crippen MR) is 48.1 cm³/mol. The van der Waals surface area contributed by atoms with E-state index in [-0.39, 0.29) is 5.78 Å². The summed E-state index contributed by atoms with van der Waals surface area (Å²) in [6, 6.07) is 3.73. The van der Waals surface area contributed by atoms with Gasteiger partial charge in [-0.15, -0.1) is 0 Å². The number of aromatic nitrogens is 1. The van der Waals surface area contributed by atoms with E-state index in [1.165, 1.54) is 0 Å². The molecule has 0 unspecified atom stereocenters. The van der Waals surface area contributed by atoms with Gasteiger partial charge in [-0.3, -0.25) is 4.79 Å². The molecule has 0 fully saturated rings. The maximum atomic E-state index is 11.3. The van der Waals surface area contributed by atoms with E-state index in [0.29, 0.717) is 5.75 Å². The molecular formula is C8H11NOS. The molecule has 0 radical (unpaired) electrons. The lowest BCUT2D eigenvalue weighted by atomic mass is 10.3. The minimum absolute atomic E-state index is 0.199. The van der Waals surface area contributed by atoms with Crippen LogP contribution in [0.1, 0.15) is 10.5 Å². The van der Waals surface area contributed by atoms with Crippen LogP contribution in [0.3, 0.4) is 0 Å². The summed E-state index contributed by atoms with van der Waals surface area (Å²) in [6.07, 6.45) is 3.81. The van der Waals surface area contributed by atoms with Crippen molar-refractivity contribution < 1.29 is 4.79 Å². The molecule has 1 aromatic rings. The summed E-state index contributed by atoms with van der Waals surface area (Å²) in [5.41, 5.74) is 0.791. The van der Waals surface area contributed by atoms with Crippen LogP contribution in [0.5, 0.6) is 0 Å². The van der Waals surface area contributed by atoms with Crippen molar-refractivity contribution in [1.82, 2.24) is 4.57 Å². The second kappa shape index (κ2) is 3.62. The van der Waals surface area contributed by atoms with Gasteiger partial charge in [-0.25, -0.2) is 0 Å². The first-order chi connectivity index (χ1) is 5.25. The molecule has 0 aliphatic heterocycles. The van der Waals surface area contributed by atoms with E-state index in [0.717, 1.165) is 5.69 Å². The fourth-order valence-electron chi connectivity index (χ4n) is 0.956. The number of thioether (sulfide) groups is 1. The zero-order valence-corrected chi connectivity index (χ0v) is 7.52. The molecule has 0 atom stereocenters. The molecule has 0 aliphatic carbocycles. The maximum Gasteiger partial charge on any atom is 0.189 e. The topological polar surface area (TPSA) is 22.0 Å². The number of rotatable bonds is 3. The average molecular weight is 169 g/mol. The number of nitrogens with zero attached hydrogens (tertiary/aromatic N) is 1. The number of carbonyl (C=O) groups is 1. The Morgan fingerprint density at radius 3 is 2.91 bits per heavy atom. The van der Waals surface area contributed by atoms with Crippen molar-refractivity contribution in [2.45, 2.75) is 0 Å². The van der Waals surface area contributed by atoms with E-state index in [1.54, 1.807) is 11.8 Å². The quantitative estimate of drug-likeness (QED) is 0.641. The first-order valence-electron chi connectivity index (χ1n) is 3.39. The third-order valence-corrected chi connectivity index (χ3v) is 2.06. The van der Waals surface area contributed by atoms with Crippen LogP contribution < -0.4 is 0 Å². The Morgan fingerprint density at radius 2 is 2.45 bits per heavy atom. The molecule has 0 saturated carbocycles. The van der Waals surface area contributed by atoms with Gasteiger partial charge < -0.3 is 4.57 Å². The molecule has 1 rings (SSSR count). The highest BCUT2D eigenvalue weighted by Crippen LogP contribution is 2.04. The zero-order chi connectivity index (χ0) is 8.27. The Morgan fingerprint density at radius 1 is 1.73 bits per heavy atom. The van der Waals surface area contributed by atoms with Crippen molar-refractivity contribution in [2.75, 3.05) is 12.0 Å². The van der Waals surface area contributed by atoms with Gasteiger partial charge in [0.1, 0.15) is 0 Å². The van der Waals surface area contributed by atoms with Crippen molar-refractivity contribution >= 4 is 17.5 Å². The smallest absolute Gasteiger partial charge is 0.189 e. The van der Waals surface area contributed by atoms with Crippen LogP contribution in [0.2, 0.25) is 0 Å². The van der Waals surface area contributed by atoms with E-state index in [9.17, 15) is 4.79 Å². The van der Waals surface area contributed by atoms with E-state index in [2.05, 4.69) is 0 Å². The monoisotopic (exact) mass is 169 g/mol. The SMILES string of the molecule is CSCC(=O)c1cccn1C. The van der Waals surface area contributed by atoms with Gasteiger partial charge in [-0.2, -0.15) is 11.8 Å². The molecule has 3 heteroatoms. The second-order valence-corrected chi connectivity index (χ2v) is 3.23. The zero-order valence-electron chi connectivity index (χ0n) is 6.70. The third-order valence-electron chi connectivity index (χ3n) is 1.50. The van der Waals surface area contributed by atoms with Crippen molar-refractivity contribution in [3.05, 3.63) is 24.0 Å². The van der Waals surface area contributed by atoms with Crippen LogP contribution in [0, 0.1) is 0 Å². The Balaban J connectivity index is 2.76. The van der Waals surface area contributed by atoms with E-state index >= 15 is 0 Å². The normalized spacial score (nSPS) is 10.0.